The van der Waals surface area contributed by atoms with Crippen molar-refractivity contribution in [3.8, 4) is 0 Å². The first-order valence-corrected chi connectivity index (χ1v) is 5.96. The second-order valence-electron chi connectivity index (χ2n) is 4.34. The van der Waals surface area contributed by atoms with E-state index in [2.05, 4.69) is 10.2 Å². The van der Waals surface area contributed by atoms with E-state index < -0.39 is 5.97 Å². The highest BCUT2D eigenvalue weighted by molar-refractivity contribution is 6.00. The van der Waals surface area contributed by atoms with Crippen LogP contribution in [0.3, 0.4) is 0 Å². The lowest BCUT2D eigenvalue weighted by Crippen LogP contribution is -2.45. The van der Waals surface area contributed by atoms with E-state index in [1.807, 2.05) is 0 Å². The largest absolute Gasteiger partial charge is 0.478 e. The van der Waals surface area contributed by atoms with Crippen molar-refractivity contribution in [1.82, 2.24) is 10.2 Å². The van der Waals surface area contributed by atoms with Gasteiger partial charge >= 0.3 is 5.97 Å². The van der Waals surface area contributed by atoms with Gasteiger partial charge in [0.2, 0.25) is 0 Å². The van der Waals surface area contributed by atoms with Crippen LogP contribution in [0, 0.1) is 0 Å². The summed E-state index contributed by atoms with van der Waals surface area (Å²) in [5, 5.41) is 12.1. The first-order chi connectivity index (χ1) is 8.66. The highest BCUT2D eigenvalue weighted by Gasteiger charge is 2.15. The minimum atomic E-state index is -1.01. The van der Waals surface area contributed by atoms with Gasteiger partial charge in [-0.1, -0.05) is 12.1 Å². The first-order valence-electron chi connectivity index (χ1n) is 5.96. The number of rotatable bonds is 4. The quantitative estimate of drug-likeness (QED) is 0.758. The third-order valence-electron chi connectivity index (χ3n) is 3.01. The van der Waals surface area contributed by atoms with Gasteiger partial charge in [0.25, 0.3) is 0 Å². The number of carboxylic acids is 1. The molecule has 0 atom stereocenters. The van der Waals surface area contributed by atoms with Crippen molar-refractivity contribution in [2.75, 3.05) is 32.7 Å². The van der Waals surface area contributed by atoms with E-state index in [-0.39, 0.29) is 11.3 Å². The molecular weight excluding hydrogens is 232 g/mol. The van der Waals surface area contributed by atoms with Gasteiger partial charge in [0.15, 0.2) is 5.78 Å². The van der Waals surface area contributed by atoms with E-state index in [4.69, 9.17) is 5.11 Å². The van der Waals surface area contributed by atoms with E-state index in [0.29, 0.717) is 12.1 Å². The average molecular weight is 248 g/mol. The number of aromatic carboxylic acids is 1. The molecule has 0 aliphatic carbocycles. The van der Waals surface area contributed by atoms with Crippen molar-refractivity contribution >= 4 is 11.8 Å². The number of carbonyl (C=O) groups excluding carboxylic acids is 1. The van der Waals surface area contributed by atoms with E-state index in [1.54, 1.807) is 12.1 Å². The molecule has 1 aromatic carbocycles. The van der Waals surface area contributed by atoms with Gasteiger partial charge in [0, 0.05) is 31.7 Å². The SMILES string of the molecule is O=C(O)c1cccc(C(=O)CN2CCNCC2)c1. The number of Topliss-reactive ketones (excluding diaryl/α,β-unsaturated/α-hetero) is 1. The predicted molar refractivity (Wildman–Crippen MR) is 67.0 cm³/mol. The van der Waals surface area contributed by atoms with Gasteiger partial charge in [-0.05, 0) is 12.1 Å². The third-order valence-corrected chi connectivity index (χ3v) is 3.01. The van der Waals surface area contributed by atoms with Crippen LogP contribution >= 0.6 is 0 Å². The maximum Gasteiger partial charge on any atom is 0.335 e. The lowest BCUT2D eigenvalue weighted by Gasteiger charge is -2.26. The van der Waals surface area contributed by atoms with Crippen LogP contribution in [0.5, 0.6) is 0 Å². The molecule has 0 unspecified atom stereocenters. The summed E-state index contributed by atoms with van der Waals surface area (Å²) in [5.41, 5.74) is 0.620. The number of benzene rings is 1. The second-order valence-corrected chi connectivity index (χ2v) is 4.34. The number of hydrogen-bond acceptors (Lipinski definition) is 4. The van der Waals surface area contributed by atoms with Crippen molar-refractivity contribution in [2.24, 2.45) is 0 Å². The molecule has 18 heavy (non-hydrogen) atoms. The van der Waals surface area contributed by atoms with Crippen molar-refractivity contribution in [3.63, 3.8) is 0 Å². The number of ketones is 1. The highest BCUT2D eigenvalue weighted by Crippen LogP contribution is 2.07. The molecule has 0 amide bonds. The molecule has 1 aliphatic rings. The van der Waals surface area contributed by atoms with E-state index >= 15 is 0 Å². The number of nitrogens with zero attached hydrogens (tertiary/aromatic N) is 1. The Hall–Kier alpha value is -1.72. The number of carboxylic acid groups (broad SMARTS) is 1. The number of hydrogen-bond donors (Lipinski definition) is 2. The second kappa shape index (κ2) is 5.75. The molecule has 0 aromatic heterocycles. The maximum absolute atomic E-state index is 12.0. The number of piperazine rings is 1. The summed E-state index contributed by atoms with van der Waals surface area (Å²) in [6, 6.07) is 6.20. The summed E-state index contributed by atoms with van der Waals surface area (Å²) >= 11 is 0. The molecule has 0 spiro atoms. The maximum atomic E-state index is 12.0. The zero-order valence-corrected chi connectivity index (χ0v) is 10.1. The minimum Gasteiger partial charge on any atom is -0.478 e. The molecule has 96 valence electrons. The smallest absolute Gasteiger partial charge is 0.335 e. The molecule has 2 N–H and O–H groups in total. The van der Waals surface area contributed by atoms with E-state index in [1.165, 1.54) is 12.1 Å². The van der Waals surface area contributed by atoms with Gasteiger partial charge in [0.05, 0.1) is 12.1 Å². The van der Waals surface area contributed by atoms with E-state index in [0.717, 1.165) is 26.2 Å². The molecule has 5 heteroatoms. The zero-order chi connectivity index (χ0) is 13.0. The van der Waals surface area contributed by atoms with Crippen LogP contribution in [0.25, 0.3) is 0 Å². The molecular formula is C13H16N2O3. The summed E-state index contributed by atoms with van der Waals surface area (Å²) in [6.07, 6.45) is 0. The van der Waals surface area contributed by atoms with Crippen molar-refractivity contribution < 1.29 is 14.7 Å². The fraction of sp³-hybridized carbons (Fsp3) is 0.385. The van der Waals surface area contributed by atoms with Crippen molar-refractivity contribution in [1.29, 1.82) is 0 Å². The van der Waals surface area contributed by atoms with Crippen LogP contribution in [0.1, 0.15) is 20.7 Å². The molecule has 1 heterocycles. The Morgan fingerprint density at radius 1 is 1.22 bits per heavy atom. The normalized spacial score (nSPS) is 16.4. The third kappa shape index (κ3) is 3.15. The number of carbonyl (C=O) groups is 2. The fourth-order valence-corrected chi connectivity index (χ4v) is 1.99. The van der Waals surface area contributed by atoms with Gasteiger partial charge in [-0.2, -0.15) is 0 Å². The summed E-state index contributed by atoms with van der Waals surface area (Å²) in [7, 11) is 0. The molecule has 1 aliphatic heterocycles. The Balaban J connectivity index is 2.03. The topological polar surface area (TPSA) is 69.6 Å². The Morgan fingerprint density at radius 2 is 1.89 bits per heavy atom. The predicted octanol–water partition coefficient (Wildman–Crippen LogP) is 0.473. The van der Waals surface area contributed by atoms with Crippen LogP contribution in [0.4, 0.5) is 0 Å². The molecule has 0 radical (unpaired) electrons. The summed E-state index contributed by atoms with van der Waals surface area (Å²) in [5.74, 6) is -1.04. The molecule has 2 rings (SSSR count). The van der Waals surface area contributed by atoms with Crippen LogP contribution < -0.4 is 5.32 Å². The Bertz CT molecular complexity index is 453. The zero-order valence-electron chi connectivity index (χ0n) is 10.1. The molecule has 5 nitrogen and oxygen atoms in total. The van der Waals surface area contributed by atoms with Crippen molar-refractivity contribution in [3.05, 3.63) is 35.4 Å². The van der Waals surface area contributed by atoms with Crippen LogP contribution in [0.2, 0.25) is 0 Å². The summed E-state index contributed by atoms with van der Waals surface area (Å²) < 4.78 is 0. The molecule has 1 fully saturated rings. The average Bonchev–Trinajstić information content (AvgIpc) is 2.40. The summed E-state index contributed by atoms with van der Waals surface area (Å²) in [4.78, 5) is 24.9. The van der Waals surface area contributed by atoms with Crippen LogP contribution in [0.15, 0.2) is 24.3 Å². The Morgan fingerprint density at radius 3 is 2.56 bits per heavy atom. The minimum absolute atomic E-state index is 0.0278. The Labute approximate surface area is 105 Å². The van der Waals surface area contributed by atoms with Gasteiger partial charge in [-0.25, -0.2) is 4.79 Å². The Kier molecular flexibility index (Phi) is 4.07. The van der Waals surface area contributed by atoms with Gasteiger partial charge in [-0.15, -0.1) is 0 Å². The van der Waals surface area contributed by atoms with Crippen LogP contribution in [-0.2, 0) is 0 Å². The van der Waals surface area contributed by atoms with Crippen LogP contribution in [-0.4, -0.2) is 54.5 Å². The monoisotopic (exact) mass is 248 g/mol. The molecule has 1 aromatic rings. The van der Waals surface area contributed by atoms with E-state index in [9.17, 15) is 9.59 Å². The molecule has 1 saturated heterocycles. The highest BCUT2D eigenvalue weighted by atomic mass is 16.4. The van der Waals surface area contributed by atoms with Gasteiger partial charge in [0.1, 0.15) is 0 Å². The van der Waals surface area contributed by atoms with Gasteiger partial charge < -0.3 is 10.4 Å². The summed E-state index contributed by atoms with van der Waals surface area (Å²) in [6.45, 7) is 3.84. The molecule has 0 bridgehead atoms. The van der Waals surface area contributed by atoms with Crippen molar-refractivity contribution in [2.45, 2.75) is 0 Å². The van der Waals surface area contributed by atoms with Gasteiger partial charge in [-0.3, -0.25) is 9.69 Å². The fourth-order valence-electron chi connectivity index (χ4n) is 1.99. The standard InChI is InChI=1S/C13H16N2O3/c16-12(9-15-6-4-14-5-7-15)10-2-1-3-11(8-10)13(17)18/h1-3,8,14H,4-7,9H2,(H,17,18). The first kappa shape index (κ1) is 12.7. The lowest BCUT2D eigenvalue weighted by molar-refractivity contribution is 0.0697. The number of nitrogens with one attached hydrogen (secondary N) is 1. The lowest BCUT2D eigenvalue weighted by atomic mass is 10.1. The molecule has 0 saturated carbocycles.